The predicted molar refractivity (Wildman–Crippen MR) is 60.6 cm³/mol. The lowest BCUT2D eigenvalue weighted by atomic mass is 10.3. The number of nitrogens with zero attached hydrogens (tertiary/aromatic N) is 1. The van der Waals surface area contributed by atoms with Crippen molar-refractivity contribution in [2.24, 2.45) is 0 Å². The Morgan fingerprint density at radius 2 is 2.33 bits per heavy atom. The smallest absolute Gasteiger partial charge is 0.303 e. The Hall–Kier alpha value is -1.13. The van der Waals surface area contributed by atoms with E-state index in [2.05, 4.69) is 4.98 Å². The summed E-state index contributed by atoms with van der Waals surface area (Å²) in [5.74, 6) is -0.805. The monoisotopic (exact) mass is 241 g/mol. The molecule has 0 bridgehead atoms. The van der Waals surface area contributed by atoms with Crippen molar-refractivity contribution in [3.8, 4) is 0 Å². The number of rotatable bonds is 3. The van der Waals surface area contributed by atoms with Gasteiger partial charge in [0.05, 0.1) is 26.7 Å². The normalized spacial score (nSPS) is 10.7. The molecule has 0 aliphatic heterocycles. The molecule has 15 heavy (non-hydrogen) atoms. The highest BCUT2D eigenvalue weighted by Gasteiger charge is 2.07. The van der Waals surface area contributed by atoms with Gasteiger partial charge in [0.2, 0.25) is 0 Å². The van der Waals surface area contributed by atoms with Gasteiger partial charge in [-0.15, -0.1) is 11.3 Å². The Labute approximate surface area is 95.3 Å². The number of benzene rings is 1. The van der Waals surface area contributed by atoms with Crippen molar-refractivity contribution < 1.29 is 9.90 Å². The largest absolute Gasteiger partial charge is 0.481 e. The van der Waals surface area contributed by atoms with Gasteiger partial charge in [-0.1, -0.05) is 17.7 Å². The van der Waals surface area contributed by atoms with E-state index in [1.54, 1.807) is 0 Å². The molecule has 1 aromatic carbocycles. The van der Waals surface area contributed by atoms with E-state index >= 15 is 0 Å². The number of aliphatic carboxylic acids is 1. The molecular weight excluding hydrogens is 234 g/mol. The van der Waals surface area contributed by atoms with Crippen molar-refractivity contribution in [1.29, 1.82) is 0 Å². The van der Waals surface area contributed by atoms with Crippen LogP contribution in [-0.4, -0.2) is 16.1 Å². The quantitative estimate of drug-likeness (QED) is 0.899. The standard InChI is InChI=1S/C10H8ClNO2S/c11-6-2-1-3-7-10(6)15-8(12-7)4-5-9(13)14/h1-3H,4-5H2,(H,13,14). The number of carbonyl (C=O) groups is 1. The Morgan fingerprint density at radius 3 is 3.00 bits per heavy atom. The molecule has 2 aromatic rings. The second-order valence-electron chi connectivity index (χ2n) is 3.09. The number of carboxylic acids is 1. The van der Waals surface area contributed by atoms with Crippen LogP contribution in [0.4, 0.5) is 0 Å². The molecule has 0 amide bonds. The van der Waals surface area contributed by atoms with Crippen molar-refractivity contribution in [2.45, 2.75) is 12.8 Å². The zero-order valence-corrected chi connectivity index (χ0v) is 9.31. The number of fused-ring (bicyclic) bond motifs is 1. The molecule has 1 N–H and O–H groups in total. The second kappa shape index (κ2) is 4.16. The Morgan fingerprint density at radius 1 is 1.53 bits per heavy atom. The molecule has 0 saturated carbocycles. The van der Waals surface area contributed by atoms with Gasteiger partial charge in [0.1, 0.15) is 0 Å². The molecule has 0 atom stereocenters. The van der Waals surface area contributed by atoms with Gasteiger partial charge in [0.15, 0.2) is 0 Å². The summed E-state index contributed by atoms with van der Waals surface area (Å²) in [6.45, 7) is 0. The maximum atomic E-state index is 10.4. The van der Waals surface area contributed by atoms with Gasteiger partial charge in [-0.3, -0.25) is 4.79 Å². The second-order valence-corrected chi connectivity index (χ2v) is 4.58. The van der Waals surface area contributed by atoms with E-state index in [0.717, 1.165) is 15.2 Å². The average molecular weight is 242 g/mol. The van der Waals surface area contributed by atoms with Crippen LogP contribution in [0.2, 0.25) is 5.02 Å². The summed E-state index contributed by atoms with van der Waals surface area (Å²) in [4.78, 5) is 14.7. The van der Waals surface area contributed by atoms with Gasteiger partial charge in [-0.25, -0.2) is 4.98 Å². The Balaban J connectivity index is 2.31. The molecule has 0 spiro atoms. The fourth-order valence-corrected chi connectivity index (χ4v) is 2.54. The van der Waals surface area contributed by atoms with E-state index in [0.29, 0.717) is 11.4 Å². The molecule has 1 heterocycles. The molecule has 0 unspecified atom stereocenters. The molecule has 0 fully saturated rings. The first-order chi connectivity index (χ1) is 7.16. The summed E-state index contributed by atoms with van der Waals surface area (Å²) in [5.41, 5.74) is 0.841. The molecule has 5 heteroatoms. The lowest BCUT2D eigenvalue weighted by molar-refractivity contribution is -0.136. The van der Waals surface area contributed by atoms with Crippen LogP contribution in [0.1, 0.15) is 11.4 Å². The Kier molecular flexibility index (Phi) is 2.88. The van der Waals surface area contributed by atoms with Crippen molar-refractivity contribution in [1.82, 2.24) is 4.98 Å². The molecular formula is C10H8ClNO2S. The first kappa shape index (κ1) is 10.4. The minimum atomic E-state index is -0.805. The third-order valence-electron chi connectivity index (χ3n) is 1.96. The predicted octanol–water partition coefficient (Wildman–Crippen LogP) is 2.97. The van der Waals surface area contributed by atoms with Gasteiger partial charge in [0, 0.05) is 6.42 Å². The van der Waals surface area contributed by atoms with Gasteiger partial charge < -0.3 is 5.11 Å². The molecule has 0 aliphatic rings. The summed E-state index contributed by atoms with van der Waals surface area (Å²) in [5, 5.41) is 10.0. The van der Waals surface area contributed by atoms with Crippen LogP contribution in [0.5, 0.6) is 0 Å². The van der Waals surface area contributed by atoms with E-state index in [9.17, 15) is 4.79 Å². The number of aromatic nitrogens is 1. The zero-order valence-electron chi connectivity index (χ0n) is 7.74. The van der Waals surface area contributed by atoms with E-state index in [4.69, 9.17) is 16.7 Å². The lowest BCUT2D eigenvalue weighted by Crippen LogP contribution is -1.96. The van der Waals surface area contributed by atoms with Gasteiger partial charge in [0.25, 0.3) is 0 Å². The average Bonchev–Trinajstić information content (AvgIpc) is 2.59. The van der Waals surface area contributed by atoms with E-state index in [1.165, 1.54) is 11.3 Å². The number of halogens is 1. The molecule has 78 valence electrons. The fourth-order valence-electron chi connectivity index (χ4n) is 1.28. The number of hydrogen-bond acceptors (Lipinski definition) is 3. The van der Waals surface area contributed by atoms with Crippen LogP contribution < -0.4 is 0 Å². The van der Waals surface area contributed by atoms with Crippen LogP contribution in [-0.2, 0) is 11.2 Å². The molecule has 0 saturated heterocycles. The minimum Gasteiger partial charge on any atom is -0.481 e. The van der Waals surface area contributed by atoms with E-state index in [-0.39, 0.29) is 6.42 Å². The van der Waals surface area contributed by atoms with Crippen LogP contribution >= 0.6 is 22.9 Å². The van der Waals surface area contributed by atoms with Crippen LogP contribution in [0.25, 0.3) is 10.2 Å². The Bertz CT molecular complexity index is 509. The summed E-state index contributed by atoms with van der Waals surface area (Å²) in [7, 11) is 0. The van der Waals surface area contributed by atoms with Crippen LogP contribution in [0.15, 0.2) is 18.2 Å². The van der Waals surface area contributed by atoms with Gasteiger partial charge >= 0.3 is 5.97 Å². The van der Waals surface area contributed by atoms with E-state index in [1.807, 2.05) is 18.2 Å². The number of carboxylic acid groups (broad SMARTS) is 1. The van der Waals surface area contributed by atoms with E-state index < -0.39 is 5.97 Å². The minimum absolute atomic E-state index is 0.109. The summed E-state index contributed by atoms with van der Waals surface area (Å²) < 4.78 is 0.930. The molecule has 3 nitrogen and oxygen atoms in total. The highest BCUT2D eigenvalue weighted by molar-refractivity contribution is 7.19. The first-order valence-electron chi connectivity index (χ1n) is 4.42. The number of aryl methyl sites for hydroxylation is 1. The highest BCUT2D eigenvalue weighted by atomic mass is 35.5. The van der Waals surface area contributed by atoms with Gasteiger partial charge in [-0.2, -0.15) is 0 Å². The van der Waals surface area contributed by atoms with Gasteiger partial charge in [-0.05, 0) is 12.1 Å². The third-order valence-corrected chi connectivity index (χ3v) is 3.56. The maximum Gasteiger partial charge on any atom is 0.303 e. The highest BCUT2D eigenvalue weighted by Crippen LogP contribution is 2.29. The van der Waals surface area contributed by atoms with Crippen molar-refractivity contribution in [3.63, 3.8) is 0 Å². The summed E-state index contributed by atoms with van der Waals surface area (Å²) in [6, 6.07) is 5.52. The molecule has 0 radical (unpaired) electrons. The third kappa shape index (κ3) is 2.27. The molecule has 2 rings (SSSR count). The fraction of sp³-hybridized carbons (Fsp3) is 0.200. The maximum absolute atomic E-state index is 10.4. The molecule has 0 aliphatic carbocycles. The van der Waals surface area contributed by atoms with Crippen molar-refractivity contribution >= 4 is 39.1 Å². The van der Waals surface area contributed by atoms with Crippen LogP contribution in [0, 0.1) is 0 Å². The van der Waals surface area contributed by atoms with Crippen LogP contribution in [0.3, 0.4) is 0 Å². The number of thiazole rings is 1. The molecule has 1 aromatic heterocycles. The topological polar surface area (TPSA) is 50.2 Å². The van der Waals surface area contributed by atoms with Crippen molar-refractivity contribution in [3.05, 3.63) is 28.2 Å². The zero-order chi connectivity index (χ0) is 10.8. The summed E-state index contributed by atoms with van der Waals surface area (Å²) in [6.07, 6.45) is 0.572. The lowest BCUT2D eigenvalue weighted by Gasteiger charge is -1.88. The van der Waals surface area contributed by atoms with Crippen molar-refractivity contribution in [2.75, 3.05) is 0 Å². The SMILES string of the molecule is O=C(O)CCc1nc2cccc(Cl)c2s1. The number of hydrogen-bond donors (Lipinski definition) is 1. The first-order valence-corrected chi connectivity index (χ1v) is 5.62. The summed E-state index contributed by atoms with van der Waals surface area (Å²) >= 11 is 7.45.